The minimum Gasteiger partial charge on any atom is -0.293 e. The molecule has 0 radical (unpaired) electrons. The van der Waals surface area contributed by atoms with Gasteiger partial charge in [-0.05, 0) is 33.8 Å². The first kappa shape index (κ1) is 12.6. The molecule has 0 aliphatic rings. The standard InChI is InChI=1S/C10H9BrF2OS/c1-2-15-5-8(14)9-7(12)4-3-6(11)10(9)13/h3-4H,2,5H2,1H3. The van der Waals surface area contributed by atoms with Crippen LogP contribution in [0.2, 0.25) is 0 Å². The third-order valence-electron chi connectivity index (χ3n) is 1.76. The molecular weight excluding hydrogens is 286 g/mol. The van der Waals surface area contributed by atoms with Crippen molar-refractivity contribution in [3.8, 4) is 0 Å². The van der Waals surface area contributed by atoms with Crippen molar-refractivity contribution in [2.24, 2.45) is 0 Å². The summed E-state index contributed by atoms with van der Waals surface area (Å²) < 4.78 is 26.7. The highest BCUT2D eigenvalue weighted by Crippen LogP contribution is 2.22. The maximum absolute atomic E-state index is 13.4. The van der Waals surface area contributed by atoms with Crippen LogP contribution in [0.4, 0.5) is 8.78 Å². The van der Waals surface area contributed by atoms with Crippen molar-refractivity contribution < 1.29 is 13.6 Å². The van der Waals surface area contributed by atoms with E-state index in [0.717, 1.165) is 11.8 Å². The molecule has 0 unspecified atom stereocenters. The number of ketones is 1. The van der Waals surface area contributed by atoms with Gasteiger partial charge in [0, 0.05) is 0 Å². The molecule has 0 aliphatic carbocycles. The Bertz CT molecular complexity index is 382. The fourth-order valence-electron chi connectivity index (χ4n) is 1.05. The van der Waals surface area contributed by atoms with E-state index in [-0.39, 0.29) is 10.2 Å². The van der Waals surface area contributed by atoms with E-state index in [1.165, 1.54) is 17.8 Å². The van der Waals surface area contributed by atoms with Gasteiger partial charge in [0.05, 0.1) is 15.8 Å². The lowest BCUT2D eigenvalue weighted by atomic mass is 10.1. The van der Waals surface area contributed by atoms with Crippen LogP contribution in [-0.2, 0) is 0 Å². The molecule has 0 saturated carbocycles. The van der Waals surface area contributed by atoms with Crippen LogP contribution in [0.5, 0.6) is 0 Å². The van der Waals surface area contributed by atoms with Crippen molar-refractivity contribution in [3.05, 3.63) is 33.8 Å². The zero-order chi connectivity index (χ0) is 11.4. The van der Waals surface area contributed by atoms with Gasteiger partial charge in [-0.15, -0.1) is 0 Å². The van der Waals surface area contributed by atoms with Crippen molar-refractivity contribution in [3.63, 3.8) is 0 Å². The lowest BCUT2D eigenvalue weighted by Gasteiger charge is -2.04. The molecule has 0 bridgehead atoms. The minimum absolute atomic E-state index is 0.0980. The number of rotatable bonds is 4. The molecule has 0 saturated heterocycles. The first-order valence-electron chi connectivity index (χ1n) is 4.32. The summed E-state index contributed by atoms with van der Waals surface area (Å²) in [5.74, 6) is -1.31. The van der Waals surface area contributed by atoms with Crippen LogP contribution < -0.4 is 0 Å². The minimum atomic E-state index is -0.822. The molecule has 0 fully saturated rings. The Morgan fingerprint density at radius 2 is 2.13 bits per heavy atom. The number of thioether (sulfide) groups is 1. The third-order valence-corrected chi connectivity index (χ3v) is 3.25. The quantitative estimate of drug-likeness (QED) is 0.623. The Morgan fingerprint density at radius 1 is 1.47 bits per heavy atom. The highest BCUT2D eigenvalue weighted by atomic mass is 79.9. The van der Waals surface area contributed by atoms with E-state index in [1.807, 2.05) is 6.92 Å². The summed E-state index contributed by atoms with van der Waals surface area (Å²) in [7, 11) is 0. The molecule has 1 aromatic rings. The number of hydrogen-bond acceptors (Lipinski definition) is 2. The molecule has 5 heteroatoms. The molecule has 1 rings (SSSR count). The summed E-state index contributed by atoms with van der Waals surface area (Å²) in [4.78, 5) is 11.5. The number of halogens is 3. The zero-order valence-corrected chi connectivity index (χ0v) is 10.4. The zero-order valence-electron chi connectivity index (χ0n) is 8.02. The van der Waals surface area contributed by atoms with Gasteiger partial charge in [0.25, 0.3) is 0 Å². The van der Waals surface area contributed by atoms with Crippen molar-refractivity contribution in [1.82, 2.24) is 0 Å². The molecule has 0 amide bonds. The first-order chi connectivity index (χ1) is 7.07. The summed E-state index contributed by atoms with van der Waals surface area (Å²) >= 11 is 4.25. The Labute approximate surface area is 99.4 Å². The SMILES string of the molecule is CCSCC(=O)c1c(F)ccc(Br)c1F. The second-order valence-corrected chi connectivity index (χ2v) is 4.91. The van der Waals surface area contributed by atoms with Crippen LogP contribution in [0.1, 0.15) is 17.3 Å². The topological polar surface area (TPSA) is 17.1 Å². The average molecular weight is 295 g/mol. The molecule has 0 aliphatic heterocycles. The molecule has 15 heavy (non-hydrogen) atoms. The van der Waals surface area contributed by atoms with Crippen LogP contribution >= 0.6 is 27.7 Å². The summed E-state index contributed by atoms with van der Waals surface area (Å²) in [6.07, 6.45) is 0. The van der Waals surface area contributed by atoms with E-state index in [0.29, 0.717) is 0 Å². The van der Waals surface area contributed by atoms with E-state index in [2.05, 4.69) is 15.9 Å². The summed E-state index contributed by atoms with van der Waals surface area (Å²) in [5, 5.41) is 0. The second kappa shape index (κ2) is 5.61. The van der Waals surface area contributed by atoms with E-state index in [9.17, 15) is 13.6 Å². The monoisotopic (exact) mass is 294 g/mol. The molecule has 0 atom stereocenters. The van der Waals surface area contributed by atoms with Crippen molar-refractivity contribution in [2.45, 2.75) is 6.92 Å². The van der Waals surface area contributed by atoms with Gasteiger partial charge in [0.2, 0.25) is 0 Å². The molecular formula is C10H9BrF2OS. The van der Waals surface area contributed by atoms with Crippen LogP contribution in [0.25, 0.3) is 0 Å². The van der Waals surface area contributed by atoms with E-state index in [4.69, 9.17) is 0 Å². The summed E-state index contributed by atoms with van der Waals surface area (Å²) in [5.41, 5.74) is -0.453. The molecule has 0 aromatic heterocycles. The highest BCUT2D eigenvalue weighted by molar-refractivity contribution is 9.10. The molecule has 1 aromatic carbocycles. The van der Waals surface area contributed by atoms with Gasteiger partial charge in [-0.25, -0.2) is 8.78 Å². The van der Waals surface area contributed by atoms with Gasteiger partial charge in [-0.1, -0.05) is 6.92 Å². The Morgan fingerprint density at radius 3 is 2.73 bits per heavy atom. The number of carbonyl (C=O) groups is 1. The Balaban J connectivity index is 3.02. The number of carbonyl (C=O) groups excluding carboxylic acids is 1. The molecule has 0 N–H and O–H groups in total. The van der Waals surface area contributed by atoms with Crippen LogP contribution in [-0.4, -0.2) is 17.3 Å². The summed E-state index contributed by atoms with van der Waals surface area (Å²) in [6, 6.07) is 2.32. The van der Waals surface area contributed by atoms with Crippen LogP contribution in [0.15, 0.2) is 16.6 Å². The highest BCUT2D eigenvalue weighted by Gasteiger charge is 2.18. The van der Waals surface area contributed by atoms with Crippen LogP contribution in [0.3, 0.4) is 0 Å². The second-order valence-electron chi connectivity index (χ2n) is 2.78. The largest absolute Gasteiger partial charge is 0.293 e. The van der Waals surface area contributed by atoms with E-state index in [1.54, 1.807) is 0 Å². The van der Waals surface area contributed by atoms with E-state index >= 15 is 0 Å². The number of benzene rings is 1. The van der Waals surface area contributed by atoms with Gasteiger partial charge in [0.15, 0.2) is 11.6 Å². The van der Waals surface area contributed by atoms with Gasteiger partial charge in [-0.3, -0.25) is 4.79 Å². The van der Waals surface area contributed by atoms with Crippen LogP contribution in [0, 0.1) is 11.6 Å². The van der Waals surface area contributed by atoms with Gasteiger partial charge >= 0.3 is 0 Å². The molecule has 1 nitrogen and oxygen atoms in total. The Hall–Kier alpha value is -0.420. The Kier molecular flexibility index (Phi) is 4.73. The lowest BCUT2D eigenvalue weighted by molar-refractivity contribution is 0.101. The van der Waals surface area contributed by atoms with E-state index < -0.39 is 23.0 Å². The summed E-state index contributed by atoms with van der Waals surface area (Å²) in [6.45, 7) is 1.88. The molecule has 82 valence electrons. The van der Waals surface area contributed by atoms with Gasteiger partial charge in [-0.2, -0.15) is 11.8 Å². The third kappa shape index (κ3) is 3.01. The van der Waals surface area contributed by atoms with Gasteiger partial charge < -0.3 is 0 Å². The molecule has 0 spiro atoms. The lowest BCUT2D eigenvalue weighted by Crippen LogP contribution is -2.09. The van der Waals surface area contributed by atoms with Crippen molar-refractivity contribution >= 4 is 33.5 Å². The first-order valence-corrected chi connectivity index (χ1v) is 6.27. The number of Topliss-reactive ketones (excluding diaryl/α,β-unsaturated/α-hetero) is 1. The fraction of sp³-hybridized carbons (Fsp3) is 0.300. The average Bonchev–Trinajstić information content (AvgIpc) is 2.21. The maximum atomic E-state index is 13.4. The van der Waals surface area contributed by atoms with Crippen molar-refractivity contribution in [1.29, 1.82) is 0 Å². The molecule has 0 heterocycles. The fourth-order valence-corrected chi connectivity index (χ4v) is 1.91. The smallest absolute Gasteiger partial charge is 0.178 e. The normalized spacial score (nSPS) is 10.4. The predicted octanol–water partition coefficient (Wildman–Crippen LogP) is 3.66. The van der Waals surface area contributed by atoms with Crippen molar-refractivity contribution in [2.75, 3.05) is 11.5 Å². The van der Waals surface area contributed by atoms with Gasteiger partial charge in [0.1, 0.15) is 5.82 Å². The maximum Gasteiger partial charge on any atom is 0.178 e. The number of hydrogen-bond donors (Lipinski definition) is 0. The predicted molar refractivity (Wildman–Crippen MR) is 61.4 cm³/mol.